The van der Waals surface area contributed by atoms with Crippen molar-refractivity contribution in [3.8, 4) is 0 Å². The van der Waals surface area contributed by atoms with E-state index in [1.807, 2.05) is 6.07 Å². The van der Waals surface area contributed by atoms with E-state index in [0.29, 0.717) is 5.69 Å². The molecule has 21 heavy (non-hydrogen) atoms. The number of pyridine rings is 1. The summed E-state index contributed by atoms with van der Waals surface area (Å²) in [4.78, 5) is 28.5. The third kappa shape index (κ3) is 4.10. The molecule has 2 rings (SSSR count). The first-order valence-electron chi connectivity index (χ1n) is 6.28. The average Bonchev–Trinajstić information content (AvgIpc) is 2.48. The van der Waals surface area contributed by atoms with Crippen LogP contribution in [0.2, 0.25) is 0 Å². The maximum absolute atomic E-state index is 12.7. The SMILES string of the molecule is CN(CC(=O)Nc1ccccc1)C(=O)c1ccc(F)nc1. The number of para-hydroxylation sites is 1. The van der Waals surface area contributed by atoms with Gasteiger partial charge < -0.3 is 10.2 Å². The largest absolute Gasteiger partial charge is 0.332 e. The fourth-order valence-corrected chi connectivity index (χ4v) is 1.73. The van der Waals surface area contributed by atoms with Crippen molar-refractivity contribution in [2.45, 2.75) is 0 Å². The van der Waals surface area contributed by atoms with Crippen molar-refractivity contribution in [3.63, 3.8) is 0 Å². The minimum absolute atomic E-state index is 0.106. The Hall–Kier alpha value is -2.76. The van der Waals surface area contributed by atoms with Crippen molar-refractivity contribution in [3.05, 3.63) is 60.2 Å². The molecule has 0 saturated heterocycles. The number of anilines is 1. The highest BCUT2D eigenvalue weighted by atomic mass is 19.1. The van der Waals surface area contributed by atoms with Crippen molar-refractivity contribution < 1.29 is 14.0 Å². The van der Waals surface area contributed by atoms with E-state index in [4.69, 9.17) is 0 Å². The topological polar surface area (TPSA) is 62.3 Å². The summed E-state index contributed by atoms with van der Waals surface area (Å²) in [5.41, 5.74) is 0.887. The predicted octanol–water partition coefficient (Wildman–Crippen LogP) is 1.93. The number of benzene rings is 1. The van der Waals surface area contributed by atoms with Gasteiger partial charge in [-0.15, -0.1) is 0 Å². The van der Waals surface area contributed by atoms with Gasteiger partial charge in [-0.3, -0.25) is 9.59 Å². The third-order valence-electron chi connectivity index (χ3n) is 2.76. The van der Waals surface area contributed by atoms with E-state index in [1.165, 1.54) is 18.0 Å². The van der Waals surface area contributed by atoms with Crippen LogP contribution in [0, 0.1) is 5.95 Å². The molecule has 1 N–H and O–H groups in total. The summed E-state index contributed by atoms with van der Waals surface area (Å²) in [7, 11) is 1.50. The molecule has 5 nitrogen and oxygen atoms in total. The summed E-state index contributed by atoms with van der Waals surface area (Å²) in [5.74, 6) is -1.37. The maximum atomic E-state index is 12.7. The Morgan fingerprint density at radius 3 is 2.52 bits per heavy atom. The molecular formula is C15H14FN3O2. The molecule has 0 unspecified atom stereocenters. The number of hydrogen-bond acceptors (Lipinski definition) is 3. The molecule has 2 amide bonds. The lowest BCUT2D eigenvalue weighted by Crippen LogP contribution is -2.35. The number of carbonyl (C=O) groups excluding carboxylic acids is 2. The fraction of sp³-hybridized carbons (Fsp3) is 0.133. The Kier molecular flexibility index (Phi) is 4.61. The smallest absolute Gasteiger partial charge is 0.255 e. The van der Waals surface area contributed by atoms with Crippen LogP contribution in [0.4, 0.5) is 10.1 Å². The first-order chi connectivity index (χ1) is 10.1. The number of hydrogen-bond donors (Lipinski definition) is 1. The van der Waals surface area contributed by atoms with Gasteiger partial charge in [0.05, 0.1) is 12.1 Å². The summed E-state index contributed by atoms with van der Waals surface area (Å²) in [6.45, 7) is -0.106. The van der Waals surface area contributed by atoms with Crippen LogP contribution >= 0.6 is 0 Å². The normalized spacial score (nSPS) is 10.0. The summed E-state index contributed by atoms with van der Waals surface area (Å²) in [5, 5.41) is 2.68. The van der Waals surface area contributed by atoms with Gasteiger partial charge in [0.25, 0.3) is 5.91 Å². The fourth-order valence-electron chi connectivity index (χ4n) is 1.73. The molecule has 0 radical (unpaired) electrons. The number of likely N-dealkylation sites (N-methyl/N-ethyl adjacent to an activating group) is 1. The zero-order valence-corrected chi connectivity index (χ0v) is 11.4. The average molecular weight is 287 g/mol. The lowest BCUT2D eigenvalue weighted by Gasteiger charge is -2.16. The number of nitrogens with zero attached hydrogens (tertiary/aromatic N) is 2. The van der Waals surface area contributed by atoms with Crippen LogP contribution in [0.5, 0.6) is 0 Å². The number of amides is 2. The number of nitrogens with one attached hydrogen (secondary N) is 1. The summed E-state index contributed by atoms with van der Waals surface area (Å²) >= 11 is 0. The second-order valence-corrected chi connectivity index (χ2v) is 4.45. The maximum Gasteiger partial charge on any atom is 0.255 e. The quantitative estimate of drug-likeness (QED) is 0.874. The molecule has 6 heteroatoms. The van der Waals surface area contributed by atoms with Gasteiger partial charge in [-0.2, -0.15) is 4.39 Å². The van der Waals surface area contributed by atoms with E-state index in [-0.39, 0.29) is 18.0 Å². The molecule has 0 bridgehead atoms. The standard InChI is InChI=1S/C15H14FN3O2/c1-19(15(21)11-7-8-13(16)17-9-11)10-14(20)18-12-5-3-2-4-6-12/h2-9H,10H2,1H3,(H,18,20). The summed E-state index contributed by atoms with van der Waals surface area (Å²) < 4.78 is 12.7. The lowest BCUT2D eigenvalue weighted by atomic mass is 10.2. The van der Waals surface area contributed by atoms with Gasteiger partial charge >= 0.3 is 0 Å². The predicted molar refractivity (Wildman–Crippen MR) is 76.2 cm³/mol. The minimum Gasteiger partial charge on any atom is -0.332 e. The summed E-state index contributed by atoms with van der Waals surface area (Å²) in [6, 6.07) is 11.4. The van der Waals surface area contributed by atoms with Gasteiger partial charge in [0.1, 0.15) is 0 Å². The number of halogens is 1. The van der Waals surface area contributed by atoms with Gasteiger partial charge in [-0.25, -0.2) is 4.98 Å². The first-order valence-corrected chi connectivity index (χ1v) is 6.28. The van der Waals surface area contributed by atoms with Gasteiger partial charge in [-0.1, -0.05) is 18.2 Å². The molecule has 0 aliphatic heterocycles. The van der Waals surface area contributed by atoms with E-state index in [1.54, 1.807) is 24.3 Å². The Bertz CT molecular complexity index is 629. The molecule has 1 aromatic carbocycles. The number of aromatic nitrogens is 1. The van der Waals surface area contributed by atoms with E-state index in [9.17, 15) is 14.0 Å². The van der Waals surface area contributed by atoms with Gasteiger partial charge in [0, 0.05) is 18.9 Å². The molecule has 0 saturated carbocycles. The zero-order chi connectivity index (χ0) is 15.2. The highest BCUT2D eigenvalue weighted by Gasteiger charge is 2.15. The van der Waals surface area contributed by atoms with E-state index < -0.39 is 11.9 Å². The van der Waals surface area contributed by atoms with Crippen LogP contribution in [0.3, 0.4) is 0 Å². The molecule has 0 fully saturated rings. The van der Waals surface area contributed by atoms with Crippen molar-refractivity contribution in [1.82, 2.24) is 9.88 Å². The second kappa shape index (κ2) is 6.60. The first kappa shape index (κ1) is 14.6. The van der Waals surface area contributed by atoms with Gasteiger partial charge in [-0.05, 0) is 24.3 Å². The van der Waals surface area contributed by atoms with E-state index in [2.05, 4.69) is 10.3 Å². The molecular weight excluding hydrogens is 273 g/mol. The van der Waals surface area contributed by atoms with Gasteiger partial charge in [0.2, 0.25) is 11.9 Å². The van der Waals surface area contributed by atoms with Crippen molar-refractivity contribution in [2.24, 2.45) is 0 Å². The van der Waals surface area contributed by atoms with Crippen LogP contribution in [0.15, 0.2) is 48.7 Å². The highest BCUT2D eigenvalue weighted by molar-refractivity contribution is 5.99. The van der Waals surface area contributed by atoms with Crippen molar-refractivity contribution in [1.29, 1.82) is 0 Å². The van der Waals surface area contributed by atoms with E-state index in [0.717, 1.165) is 12.3 Å². The van der Waals surface area contributed by atoms with Crippen LogP contribution < -0.4 is 5.32 Å². The third-order valence-corrected chi connectivity index (χ3v) is 2.76. The zero-order valence-electron chi connectivity index (χ0n) is 11.4. The molecule has 2 aromatic rings. The second-order valence-electron chi connectivity index (χ2n) is 4.45. The lowest BCUT2D eigenvalue weighted by molar-refractivity contribution is -0.116. The number of rotatable bonds is 4. The van der Waals surface area contributed by atoms with Crippen LogP contribution in [0.25, 0.3) is 0 Å². The molecule has 0 spiro atoms. The van der Waals surface area contributed by atoms with Crippen molar-refractivity contribution >= 4 is 17.5 Å². The van der Waals surface area contributed by atoms with Gasteiger partial charge in [0.15, 0.2) is 0 Å². The minimum atomic E-state index is -0.656. The van der Waals surface area contributed by atoms with E-state index >= 15 is 0 Å². The van der Waals surface area contributed by atoms with Crippen LogP contribution in [-0.2, 0) is 4.79 Å². The molecule has 0 aliphatic rings. The molecule has 1 heterocycles. The van der Waals surface area contributed by atoms with Crippen LogP contribution in [-0.4, -0.2) is 35.3 Å². The monoisotopic (exact) mass is 287 g/mol. The molecule has 1 aromatic heterocycles. The highest BCUT2D eigenvalue weighted by Crippen LogP contribution is 2.06. The Balaban J connectivity index is 1.94. The Morgan fingerprint density at radius 2 is 1.90 bits per heavy atom. The van der Waals surface area contributed by atoms with Crippen LogP contribution in [0.1, 0.15) is 10.4 Å². The Labute approximate surface area is 121 Å². The molecule has 0 atom stereocenters. The molecule has 108 valence electrons. The molecule has 0 aliphatic carbocycles. The summed E-state index contributed by atoms with van der Waals surface area (Å²) in [6.07, 6.45) is 1.14. The Morgan fingerprint density at radius 1 is 1.19 bits per heavy atom. The van der Waals surface area contributed by atoms with Crippen molar-refractivity contribution in [2.75, 3.05) is 18.9 Å². The number of carbonyl (C=O) groups is 2.